The quantitative estimate of drug-likeness (QED) is 0.723. The van der Waals surface area contributed by atoms with Crippen LogP contribution in [0.5, 0.6) is 5.75 Å². The number of halogens is 1. The van der Waals surface area contributed by atoms with Crippen molar-refractivity contribution in [2.24, 2.45) is 5.92 Å². The summed E-state index contributed by atoms with van der Waals surface area (Å²) in [7, 11) is 1.66. The van der Waals surface area contributed by atoms with Crippen molar-refractivity contribution in [1.82, 2.24) is 4.98 Å². The van der Waals surface area contributed by atoms with Gasteiger partial charge in [-0.1, -0.05) is 29.0 Å². The number of thiazole rings is 1. The lowest BCUT2D eigenvalue weighted by Crippen LogP contribution is -2.52. The van der Waals surface area contributed by atoms with Crippen molar-refractivity contribution in [2.45, 2.75) is 6.92 Å². The number of hydrogen-bond donors (Lipinski definition) is 1. The van der Waals surface area contributed by atoms with Gasteiger partial charge in [0.1, 0.15) is 5.75 Å². The summed E-state index contributed by atoms with van der Waals surface area (Å²) < 4.78 is 6.34. The normalized spacial score (nSPS) is 14.3. The molecular weight excluding hydrogens is 370 g/mol. The summed E-state index contributed by atoms with van der Waals surface area (Å²) in [6.07, 6.45) is 0. The first kappa shape index (κ1) is 17.1. The minimum absolute atomic E-state index is 0.0226. The first-order valence-corrected chi connectivity index (χ1v) is 9.50. The molecule has 7 heteroatoms. The third-order valence-electron chi connectivity index (χ3n) is 4.63. The smallest absolute Gasteiger partial charge is 0.231 e. The van der Waals surface area contributed by atoms with E-state index in [2.05, 4.69) is 15.2 Å². The molecule has 0 spiro atoms. The molecule has 1 aliphatic heterocycles. The van der Waals surface area contributed by atoms with Crippen molar-refractivity contribution in [1.29, 1.82) is 0 Å². The van der Waals surface area contributed by atoms with Crippen LogP contribution in [0.15, 0.2) is 36.4 Å². The number of amides is 1. The number of ether oxygens (including phenoxy) is 1. The van der Waals surface area contributed by atoms with Crippen LogP contribution < -0.4 is 15.0 Å². The highest BCUT2D eigenvalue weighted by Crippen LogP contribution is 2.35. The van der Waals surface area contributed by atoms with Gasteiger partial charge in [-0.25, -0.2) is 4.98 Å². The topological polar surface area (TPSA) is 54.5 Å². The van der Waals surface area contributed by atoms with E-state index in [0.29, 0.717) is 18.1 Å². The molecule has 0 radical (unpaired) electrons. The predicted octanol–water partition coefficient (Wildman–Crippen LogP) is 4.34. The second-order valence-corrected chi connectivity index (χ2v) is 7.75. The Morgan fingerprint density at radius 2 is 2.15 bits per heavy atom. The number of hydrogen-bond acceptors (Lipinski definition) is 5. The van der Waals surface area contributed by atoms with E-state index >= 15 is 0 Å². The highest BCUT2D eigenvalue weighted by atomic mass is 35.5. The van der Waals surface area contributed by atoms with Gasteiger partial charge in [0, 0.05) is 23.8 Å². The van der Waals surface area contributed by atoms with Crippen LogP contribution in [0.4, 0.5) is 10.8 Å². The Kier molecular flexibility index (Phi) is 4.46. The van der Waals surface area contributed by atoms with Gasteiger partial charge in [-0.05, 0) is 42.8 Å². The largest absolute Gasteiger partial charge is 0.497 e. The average molecular weight is 388 g/mol. The van der Waals surface area contributed by atoms with Crippen LogP contribution in [0.1, 0.15) is 5.56 Å². The lowest BCUT2D eigenvalue weighted by atomic mass is 9.99. The molecule has 3 aromatic rings. The molecule has 1 N–H and O–H groups in total. The maximum atomic E-state index is 12.5. The van der Waals surface area contributed by atoms with Crippen molar-refractivity contribution in [3.63, 3.8) is 0 Å². The molecule has 0 bridgehead atoms. The lowest BCUT2D eigenvalue weighted by molar-refractivity contribution is -0.120. The second kappa shape index (κ2) is 6.78. The first-order chi connectivity index (χ1) is 12.5. The number of rotatable bonds is 4. The highest BCUT2D eigenvalue weighted by molar-refractivity contribution is 7.22. The summed E-state index contributed by atoms with van der Waals surface area (Å²) in [5.74, 6) is 0.801. The molecule has 5 nitrogen and oxygen atoms in total. The number of nitrogens with zero attached hydrogens (tertiary/aromatic N) is 2. The third kappa shape index (κ3) is 3.10. The molecule has 1 amide bonds. The Bertz CT molecular complexity index is 982. The number of nitrogens with one attached hydrogen (secondary N) is 1. The molecule has 0 unspecified atom stereocenters. The van der Waals surface area contributed by atoms with Gasteiger partial charge >= 0.3 is 0 Å². The Balaban J connectivity index is 1.42. The van der Waals surface area contributed by atoms with Crippen LogP contribution in [0.25, 0.3) is 10.2 Å². The van der Waals surface area contributed by atoms with E-state index in [1.165, 1.54) is 0 Å². The third-order valence-corrected chi connectivity index (χ3v) is 6.12. The molecule has 134 valence electrons. The van der Waals surface area contributed by atoms with E-state index in [1.807, 2.05) is 43.3 Å². The molecule has 26 heavy (non-hydrogen) atoms. The maximum absolute atomic E-state index is 12.5. The minimum Gasteiger partial charge on any atom is -0.497 e. The van der Waals surface area contributed by atoms with E-state index in [4.69, 9.17) is 16.3 Å². The number of benzene rings is 2. The molecule has 2 heterocycles. The number of carbonyl (C=O) groups is 1. The zero-order valence-corrected chi connectivity index (χ0v) is 16.0. The maximum Gasteiger partial charge on any atom is 0.231 e. The van der Waals surface area contributed by atoms with Gasteiger partial charge in [0.15, 0.2) is 5.13 Å². The molecule has 0 aliphatic carbocycles. The Morgan fingerprint density at radius 1 is 1.35 bits per heavy atom. The molecule has 0 atom stereocenters. The van der Waals surface area contributed by atoms with Crippen molar-refractivity contribution < 1.29 is 9.53 Å². The van der Waals surface area contributed by atoms with Crippen LogP contribution in [-0.4, -0.2) is 31.1 Å². The fraction of sp³-hybridized carbons (Fsp3) is 0.263. The van der Waals surface area contributed by atoms with Gasteiger partial charge in [0.25, 0.3) is 0 Å². The molecule has 1 aliphatic rings. The lowest BCUT2D eigenvalue weighted by Gasteiger charge is -2.38. The summed E-state index contributed by atoms with van der Waals surface area (Å²) in [6, 6.07) is 11.4. The molecule has 1 fully saturated rings. The number of carbonyl (C=O) groups excluding carboxylic acids is 1. The van der Waals surface area contributed by atoms with Gasteiger partial charge < -0.3 is 15.0 Å². The van der Waals surface area contributed by atoms with Crippen molar-refractivity contribution in [3.05, 3.63) is 47.0 Å². The van der Waals surface area contributed by atoms with E-state index in [0.717, 1.165) is 32.3 Å². The van der Waals surface area contributed by atoms with Crippen LogP contribution in [0.2, 0.25) is 5.02 Å². The summed E-state index contributed by atoms with van der Waals surface area (Å²) >= 11 is 7.73. The zero-order chi connectivity index (χ0) is 18.3. The zero-order valence-electron chi connectivity index (χ0n) is 14.5. The first-order valence-electron chi connectivity index (χ1n) is 8.30. The summed E-state index contributed by atoms with van der Waals surface area (Å²) in [4.78, 5) is 19.3. The van der Waals surface area contributed by atoms with Crippen LogP contribution in [0, 0.1) is 12.8 Å². The number of methoxy groups -OCH3 is 1. The average Bonchev–Trinajstić information content (AvgIpc) is 3.00. The van der Waals surface area contributed by atoms with Crippen LogP contribution in [0.3, 0.4) is 0 Å². The molecule has 0 saturated carbocycles. The van der Waals surface area contributed by atoms with Gasteiger partial charge in [-0.3, -0.25) is 4.79 Å². The molecule has 1 saturated heterocycles. The monoisotopic (exact) mass is 387 g/mol. The molecule has 4 rings (SSSR count). The number of anilines is 2. The Hall–Kier alpha value is -2.31. The Labute approximate surface area is 160 Å². The number of aromatic nitrogens is 1. The minimum atomic E-state index is -0.0464. The summed E-state index contributed by atoms with van der Waals surface area (Å²) in [5, 5.41) is 4.58. The number of fused-ring (bicyclic) bond motifs is 1. The van der Waals surface area contributed by atoms with Crippen LogP contribution in [-0.2, 0) is 4.79 Å². The molecule has 2 aromatic carbocycles. The van der Waals surface area contributed by atoms with Gasteiger partial charge in [0.2, 0.25) is 5.91 Å². The van der Waals surface area contributed by atoms with Gasteiger partial charge in [-0.2, -0.15) is 0 Å². The van der Waals surface area contributed by atoms with Crippen molar-refractivity contribution in [2.75, 3.05) is 30.4 Å². The van der Waals surface area contributed by atoms with E-state index < -0.39 is 0 Å². The summed E-state index contributed by atoms with van der Waals surface area (Å²) in [6.45, 7) is 3.24. The predicted molar refractivity (Wildman–Crippen MR) is 107 cm³/mol. The van der Waals surface area contributed by atoms with Crippen molar-refractivity contribution in [3.8, 4) is 5.75 Å². The van der Waals surface area contributed by atoms with E-state index in [1.54, 1.807) is 18.4 Å². The van der Waals surface area contributed by atoms with Crippen molar-refractivity contribution >= 4 is 49.9 Å². The van der Waals surface area contributed by atoms with E-state index in [-0.39, 0.29) is 11.8 Å². The van der Waals surface area contributed by atoms with Gasteiger partial charge in [0.05, 0.1) is 23.2 Å². The molecular formula is C19H18ClN3O2S. The van der Waals surface area contributed by atoms with Gasteiger partial charge in [-0.15, -0.1) is 0 Å². The fourth-order valence-corrected chi connectivity index (χ4v) is 4.12. The Morgan fingerprint density at radius 3 is 2.92 bits per heavy atom. The molecule has 1 aromatic heterocycles. The van der Waals surface area contributed by atoms with Crippen LogP contribution >= 0.6 is 22.9 Å². The van der Waals surface area contributed by atoms with E-state index in [9.17, 15) is 4.79 Å². The summed E-state index contributed by atoms with van der Waals surface area (Å²) in [5.41, 5.74) is 2.61. The fourth-order valence-electron chi connectivity index (χ4n) is 2.93. The second-order valence-electron chi connectivity index (χ2n) is 6.33. The highest BCUT2D eigenvalue weighted by Gasteiger charge is 2.34. The standard InChI is InChI=1S/C19H18ClN3O2S/c1-11-14(20)4-3-5-15(11)21-18(24)12-9-23(10-12)19-22-16-7-6-13(25-2)8-17(16)26-19/h3-8,12H,9-10H2,1-2H3,(H,21,24). The SMILES string of the molecule is COc1ccc2nc(N3CC(C(=O)Nc4cccc(Cl)c4C)C3)sc2c1.